The maximum absolute atomic E-state index is 14.3. The Labute approximate surface area is 255 Å². The summed E-state index contributed by atoms with van der Waals surface area (Å²) in [5, 5.41) is 2.65. The van der Waals surface area contributed by atoms with E-state index in [2.05, 4.69) is 5.32 Å². The van der Waals surface area contributed by atoms with E-state index < -0.39 is 40.2 Å². The van der Waals surface area contributed by atoms with Crippen LogP contribution in [-0.4, -0.2) is 58.0 Å². The normalized spacial score (nSPS) is 13.0. The summed E-state index contributed by atoms with van der Waals surface area (Å²) >= 11 is 0. The summed E-state index contributed by atoms with van der Waals surface area (Å²) < 4.78 is 54.3. The van der Waals surface area contributed by atoms with Crippen LogP contribution in [0.5, 0.6) is 11.5 Å². The lowest BCUT2D eigenvalue weighted by molar-refractivity contribution is -0.139. The van der Waals surface area contributed by atoms with Gasteiger partial charge < -0.3 is 19.7 Å². The van der Waals surface area contributed by atoms with Gasteiger partial charge in [0, 0.05) is 26.1 Å². The number of anilines is 1. The molecule has 1 heterocycles. The summed E-state index contributed by atoms with van der Waals surface area (Å²) in [7, 11) is -2.90. The first kappa shape index (κ1) is 30.6. The molecule has 1 N–H and O–H groups in total. The number of sulfonamides is 1. The van der Waals surface area contributed by atoms with Gasteiger partial charge in [-0.25, -0.2) is 12.8 Å². The molecule has 44 heavy (non-hydrogen) atoms. The van der Waals surface area contributed by atoms with Gasteiger partial charge in [-0.1, -0.05) is 60.7 Å². The molecule has 0 radical (unpaired) electrons. The number of benzene rings is 4. The van der Waals surface area contributed by atoms with Crippen LogP contribution in [0.15, 0.2) is 108 Å². The second-order valence-corrected chi connectivity index (χ2v) is 12.0. The SMILES string of the molecule is CNC(=O)[C@@H](Cc1ccccc1)N(Cc1ccccc1)C(=O)CN(c1ccc(F)cc1)S(=O)(=O)c1ccc2c(c1)OCCO2. The van der Waals surface area contributed by atoms with Crippen molar-refractivity contribution in [1.29, 1.82) is 0 Å². The minimum Gasteiger partial charge on any atom is -0.486 e. The van der Waals surface area contributed by atoms with Gasteiger partial charge in [0.15, 0.2) is 11.5 Å². The van der Waals surface area contributed by atoms with Crippen molar-refractivity contribution in [3.8, 4) is 11.5 Å². The van der Waals surface area contributed by atoms with Crippen LogP contribution in [0.2, 0.25) is 0 Å². The largest absolute Gasteiger partial charge is 0.486 e. The minimum atomic E-state index is -4.39. The average molecular weight is 618 g/mol. The van der Waals surface area contributed by atoms with E-state index in [1.54, 1.807) is 0 Å². The highest BCUT2D eigenvalue weighted by Crippen LogP contribution is 2.34. The Morgan fingerprint density at radius 1 is 0.841 bits per heavy atom. The van der Waals surface area contributed by atoms with Gasteiger partial charge in [0.25, 0.3) is 10.0 Å². The van der Waals surface area contributed by atoms with E-state index in [0.717, 1.165) is 27.6 Å². The van der Waals surface area contributed by atoms with Crippen molar-refractivity contribution in [3.63, 3.8) is 0 Å². The maximum Gasteiger partial charge on any atom is 0.264 e. The van der Waals surface area contributed by atoms with E-state index in [9.17, 15) is 22.4 Å². The molecule has 0 saturated carbocycles. The second kappa shape index (κ2) is 13.6. The summed E-state index contributed by atoms with van der Waals surface area (Å²) in [6, 6.07) is 26.5. The van der Waals surface area contributed by atoms with Crippen LogP contribution >= 0.6 is 0 Å². The fourth-order valence-corrected chi connectivity index (χ4v) is 6.38. The molecule has 2 amide bonds. The Balaban J connectivity index is 1.55. The van der Waals surface area contributed by atoms with Crippen LogP contribution in [0.4, 0.5) is 10.1 Å². The topological polar surface area (TPSA) is 105 Å². The van der Waals surface area contributed by atoms with Gasteiger partial charge in [0.2, 0.25) is 11.8 Å². The van der Waals surface area contributed by atoms with E-state index in [-0.39, 0.29) is 35.9 Å². The molecule has 0 spiro atoms. The Hall–Kier alpha value is -4.90. The van der Waals surface area contributed by atoms with Crippen molar-refractivity contribution >= 4 is 27.5 Å². The summed E-state index contributed by atoms with van der Waals surface area (Å²) in [6.45, 7) is -0.0150. The van der Waals surface area contributed by atoms with E-state index in [1.165, 1.54) is 42.3 Å². The number of carbonyl (C=O) groups is 2. The molecule has 11 heteroatoms. The first-order chi connectivity index (χ1) is 21.3. The third-order valence-corrected chi connectivity index (χ3v) is 8.98. The molecule has 5 rings (SSSR count). The number of halogens is 1. The van der Waals surface area contributed by atoms with Gasteiger partial charge in [0.1, 0.15) is 31.6 Å². The van der Waals surface area contributed by atoms with Gasteiger partial charge in [-0.3, -0.25) is 13.9 Å². The van der Waals surface area contributed by atoms with E-state index in [4.69, 9.17) is 9.47 Å². The van der Waals surface area contributed by atoms with E-state index >= 15 is 0 Å². The lowest BCUT2D eigenvalue weighted by Gasteiger charge is -2.33. The highest BCUT2D eigenvalue weighted by molar-refractivity contribution is 7.92. The number of amides is 2. The summed E-state index contributed by atoms with van der Waals surface area (Å²) in [6.07, 6.45) is 0.199. The Morgan fingerprint density at radius 2 is 1.45 bits per heavy atom. The third kappa shape index (κ3) is 7.00. The number of carbonyl (C=O) groups excluding carboxylic acids is 2. The number of nitrogens with one attached hydrogen (secondary N) is 1. The number of likely N-dealkylation sites (N-methyl/N-ethyl adjacent to an activating group) is 1. The smallest absolute Gasteiger partial charge is 0.264 e. The summed E-state index contributed by atoms with van der Waals surface area (Å²) in [4.78, 5) is 28.8. The van der Waals surface area contributed by atoms with Gasteiger partial charge in [0.05, 0.1) is 10.6 Å². The van der Waals surface area contributed by atoms with Gasteiger partial charge in [-0.05, 0) is 47.5 Å². The first-order valence-corrected chi connectivity index (χ1v) is 15.5. The number of hydrogen-bond acceptors (Lipinski definition) is 6. The van der Waals surface area contributed by atoms with Crippen molar-refractivity contribution in [2.75, 3.05) is 31.1 Å². The molecule has 0 saturated heterocycles. The molecule has 0 aromatic heterocycles. The van der Waals surface area contributed by atoms with Gasteiger partial charge >= 0.3 is 0 Å². The molecule has 0 bridgehead atoms. The molecular weight excluding hydrogens is 585 g/mol. The Morgan fingerprint density at radius 3 is 2.09 bits per heavy atom. The number of hydrogen-bond donors (Lipinski definition) is 1. The predicted octanol–water partition coefficient (Wildman–Crippen LogP) is 4.18. The van der Waals surface area contributed by atoms with Crippen molar-refractivity contribution in [3.05, 3.63) is 120 Å². The molecule has 1 aliphatic rings. The van der Waals surface area contributed by atoms with Crippen LogP contribution in [-0.2, 0) is 32.6 Å². The second-order valence-electron chi connectivity index (χ2n) is 10.1. The standard InChI is InChI=1S/C33H32FN3O6S/c1-35-33(39)29(20-24-8-4-2-5-9-24)36(22-25-10-6-3-7-11-25)32(38)23-37(27-14-12-26(34)13-15-27)44(40,41)28-16-17-30-31(21-28)43-19-18-42-30/h2-17,21,29H,18-20,22-23H2,1H3,(H,35,39)/t29-/m1/s1. The quantitative estimate of drug-likeness (QED) is 0.271. The zero-order valence-electron chi connectivity index (χ0n) is 24.1. The zero-order valence-corrected chi connectivity index (χ0v) is 24.9. The lowest BCUT2D eigenvalue weighted by Crippen LogP contribution is -2.53. The molecule has 1 atom stereocenters. The van der Waals surface area contributed by atoms with Crippen LogP contribution < -0.4 is 19.1 Å². The minimum absolute atomic E-state index is 0.0475. The first-order valence-electron chi connectivity index (χ1n) is 14.0. The van der Waals surface area contributed by atoms with E-state index in [0.29, 0.717) is 12.4 Å². The third-order valence-electron chi connectivity index (χ3n) is 7.21. The fraction of sp³-hybridized carbons (Fsp3) is 0.212. The van der Waals surface area contributed by atoms with Crippen molar-refractivity contribution in [2.24, 2.45) is 0 Å². The average Bonchev–Trinajstić information content (AvgIpc) is 3.06. The lowest BCUT2D eigenvalue weighted by atomic mass is 10.0. The van der Waals surface area contributed by atoms with Crippen LogP contribution in [0.25, 0.3) is 0 Å². The summed E-state index contributed by atoms with van der Waals surface area (Å²) in [5.41, 5.74) is 1.66. The highest BCUT2D eigenvalue weighted by Gasteiger charge is 2.35. The number of rotatable bonds is 11. The van der Waals surface area contributed by atoms with Gasteiger partial charge in [-0.15, -0.1) is 0 Å². The number of nitrogens with zero attached hydrogens (tertiary/aromatic N) is 2. The monoisotopic (exact) mass is 617 g/mol. The van der Waals surface area contributed by atoms with Crippen LogP contribution in [0, 0.1) is 5.82 Å². The molecule has 0 fully saturated rings. The van der Waals surface area contributed by atoms with Crippen LogP contribution in [0.3, 0.4) is 0 Å². The highest BCUT2D eigenvalue weighted by atomic mass is 32.2. The number of fused-ring (bicyclic) bond motifs is 1. The van der Waals surface area contributed by atoms with Crippen molar-refractivity contribution in [2.45, 2.75) is 23.9 Å². The Kier molecular flexibility index (Phi) is 9.44. The zero-order chi connectivity index (χ0) is 31.1. The predicted molar refractivity (Wildman–Crippen MR) is 163 cm³/mol. The maximum atomic E-state index is 14.3. The molecule has 0 unspecified atom stereocenters. The van der Waals surface area contributed by atoms with E-state index in [1.807, 2.05) is 60.7 Å². The molecular formula is C33H32FN3O6S. The molecule has 4 aromatic carbocycles. The summed E-state index contributed by atoms with van der Waals surface area (Å²) in [5.74, 6) is -0.922. The molecule has 228 valence electrons. The Bertz CT molecular complexity index is 1700. The molecule has 0 aliphatic carbocycles. The van der Waals surface area contributed by atoms with Crippen molar-refractivity contribution < 1.29 is 31.9 Å². The molecule has 4 aromatic rings. The van der Waals surface area contributed by atoms with Crippen LogP contribution in [0.1, 0.15) is 11.1 Å². The van der Waals surface area contributed by atoms with Crippen molar-refractivity contribution in [1.82, 2.24) is 10.2 Å². The molecule has 1 aliphatic heterocycles. The fourth-order valence-electron chi connectivity index (χ4n) is 4.95. The molecule has 9 nitrogen and oxygen atoms in total. The van der Waals surface area contributed by atoms with Gasteiger partial charge in [-0.2, -0.15) is 0 Å². The number of ether oxygens (including phenoxy) is 2.